The number of nitrogens with two attached hydrogens (primary N) is 1. The fourth-order valence-corrected chi connectivity index (χ4v) is 4.07. The number of nitrogens with zero attached hydrogens (tertiary/aromatic N) is 1. The number of esters is 1. The van der Waals surface area contributed by atoms with E-state index < -0.39 is 5.54 Å². The van der Waals surface area contributed by atoms with Gasteiger partial charge in [-0.3, -0.25) is 4.79 Å². The summed E-state index contributed by atoms with van der Waals surface area (Å²) in [5.41, 5.74) is 7.80. The Morgan fingerprint density at radius 1 is 1.35 bits per heavy atom. The van der Waals surface area contributed by atoms with E-state index >= 15 is 0 Å². The Bertz CT molecular complexity index is 484. The Morgan fingerprint density at radius 2 is 2.00 bits per heavy atom. The minimum atomic E-state index is -0.579. The second-order valence-electron chi connectivity index (χ2n) is 8.65. The zero-order valence-corrected chi connectivity index (χ0v) is 15.7. The van der Waals surface area contributed by atoms with Crippen molar-refractivity contribution in [1.29, 1.82) is 0 Å². The predicted octanol–water partition coefficient (Wildman–Crippen LogP) is 2.97. The van der Waals surface area contributed by atoms with Crippen LogP contribution in [0.1, 0.15) is 53.4 Å². The second kappa shape index (κ2) is 6.56. The van der Waals surface area contributed by atoms with E-state index in [1.54, 1.807) is 0 Å². The summed E-state index contributed by atoms with van der Waals surface area (Å²) in [6, 6.07) is 0. The third-order valence-electron chi connectivity index (χ3n) is 6.17. The van der Waals surface area contributed by atoms with Gasteiger partial charge < -0.3 is 15.4 Å². The monoisotopic (exact) mass is 322 g/mol. The molecule has 0 aromatic carbocycles. The van der Waals surface area contributed by atoms with Gasteiger partial charge in [-0.15, -0.1) is 0 Å². The van der Waals surface area contributed by atoms with Crippen LogP contribution in [0.4, 0.5) is 0 Å². The first-order chi connectivity index (χ1) is 10.6. The van der Waals surface area contributed by atoms with E-state index in [0.29, 0.717) is 6.54 Å². The lowest BCUT2D eigenvalue weighted by atomic mass is 9.65. The van der Waals surface area contributed by atoms with Gasteiger partial charge in [0, 0.05) is 12.5 Å². The van der Waals surface area contributed by atoms with Crippen LogP contribution in [0.5, 0.6) is 0 Å². The molecule has 0 aromatic heterocycles. The van der Waals surface area contributed by atoms with E-state index in [-0.39, 0.29) is 29.3 Å². The number of fused-ring (bicyclic) bond motifs is 1. The van der Waals surface area contributed by atoms with E-state index in [9.17, 15) is 4.79 Å². The maximum Gasteiger partial charge on any atom is 0.312 e. The van der Waals surface area contributed by atoms with Crippen molar-refractivity contribution in [2.24, 2.45) is 23.0 Å². The van der Waals surface area contributed by atoms with Gasteiger partial charge in [-0.25, -0.2) is 0 Å². The molecule has 4 atom stereocenters. The van der Waals surface area contributed by atoms with Gasteiger partial charge in [-0.1, -0.05) is 32.4 Å². The molecular weight excluding hydrogens is 288 g/mol. The van der Waals surface area contributed by atoms with Crippen LogP contribution in [0.15, 0.2) is 11.6 Å². The van der Waals surface area contributed by atoms with Gasteiger partial charge in [0.15, 0.2) is 0 Å². The van der Waals surface area contributed by atoms with Crippen molar-refractivity contribution in [3.8, 4) is 0 Å². The van der Waals surface area contributed by atoms with Gasteiger partial charge in [0.25, 0.3) is 0 Å². The topological polar surface area (TPSA) is 55.6 Å². The highest BCUT2D eigenvalue weighted by Gasteiger charge is 2.57. The van der Waals surface area contributed by atoms with Gasteiger partial charge in [-0.2, -0.15) is 0 Å². The smallest absolute Gasteiger partial charge is 0.312 e. The number of hydrogen-bond acceptors (Lipinski definition) is 4. The number of carbonyl (C=O) groups excluding carboxylic acids is 1. The average molecular weight is 322 g/mol. The standard InChI is InChI=1S/C19H34N2O2/c1-13-8-7-10-18(3,4)14(2)16-19(20,11-9-13)15(12-21(5)6)17(22)23-16/h8,14-16H,7,9-12,20H2,1-6H3/b13-8+. The van der Waals surface area contributed by atoms with Crippen LogP contribution in [0, 0.1) is 17.3 Å². The lowest BCUT2D eigenvalue weighted by molar-refractivity contribution is -0.147. The van der Waals surface area contributed by atoms with Crippen LogP contribution in [-0.2, 0) is 9.53 Å². The molecule has 0 saturated carbocycles. The first-order valence-corrected chi connectivity index (χ1v) is 8.87. The zero-order valence-electron chi connectivity index (χ0n) is 15.7. The number of hydrogen-bond donors (Lipinski definition) is 1. The second-order valence-corrected chi connectivity index (χ2v) is 8.65. The molecule has 1 aliphatic carbocycles. The highest BCUT2D eigenvalue weighted by molar-refractivity contribution is 5.77. The Labute approximate surface area is 141 Å². The molecular formula is C19H34N2O2. The third kappa shape index (κ3) is 3.63. The van der Waals surface area contributed by atoms with Gasteiger partial charge in [-0.05, 0) is 52.1 Å². The van der Waals surface area contributed by atoms with E-state index in [1.165, 1.54) is 5.57 Å². The van der Waals surface area contributed by atoms with Crippen LogP contribution in [-0.4, -0.2) is 43.2 Å². The van der Waals surface area contributed by atoms with Crippen molar-refractivity contribution in [3.63, 3.8) is 0 Å². The summed E-state index contributed by atoms with van der Waals surface area (Å²) in [6.45, 7) is 9.58. The van der Waals surface area contributed by atoms with Crippen LogP contribution in [0.25, 0.3) is 0 Å². The normalized spacial score (nSPS) is 40.3. The van der Waals surface area contributed by atoms with Crippen molar-refractivity contribution < 1.29 is 9.53 Å². The van der Waals surface area contributed by atoms with Gasteiger partial charge in [0.2, 0.25) is 0 Å². The summed E-state index contributed by atoms with van der Waals surface area (Å²) in [5, 5.41) is 0. The molecule has 0 aromatic rings. The van der Waals surface area contributed by atoms with Crippen LogP contribution < -0.4 is 5.73 Å². The van der Waals surface area contributed by atoms with E-state index in [0.717, 1.165) is 25.7 Å². The Balaban J connectivity index is 2.41. The molecule has 2 rings (SSSR count). The quantitative estimate of drug-likeness (QED) is 0.627. The Hall–Kier alpha value is -0.870. The average Bonchev–Trinajstić information content (AvgIpc) is 2.68. The summed E-state index contributed by atoms with van der Waals surface area (Å²) in [4.78, 5) is 14.6. The van der Waals surface area contributed by atoms with E-state index in [2.05, 4.69) is 33.8 Å². The molecule has 1 saturated heterocycles. The SMILES string of the molecule is C/C1=C\CCC(C)(C)C(C)C2OC(=O)C(CN(C)C)C2(N)CC1. The lowest BCUT2D eigenvalue weighted by Crippen LogP contribution is -2.58. The van der Waals surface area contributed by atoms with Crippen LogP contribution >= 0.6 is 0 Å². The Kier molecular flexibility index (Phi) is 5.27. The van der Waals surface area contributed by atoms with Crippen LogP contribution in [0.3, 0.4) is 0 Å². The molecule has 2 aliphatic rings. The first kappa shape index (κ1) is 18.5. The highest BCUT2D eigenvalue weighted by Crippen LogP contribution is 2.46. The molecule has 0 radical (unpaired) electrons. The zero-order chi connectivity index (χ0) is 17.4. The summed E-state index contributed by atoms with van der Waals surface area (Å²) in [5.74, 6) is -0.113. The maximum absolute atomic E-state index is 12.6. The summed E-state index contributed by atoms with van der Waals surface area (Å²) < 4.78 is 5.89. The third-order valence-corrected chi connectivity index (χ3v) is 6.17. The van der Waals surface area contributed by atoms with Gasteiger partial charge in [0.1, 0.15) is 6.10 Å². The summed E-state index contributed by atoms with van der Waals surface area (Å²) >= 11 is 0. The van der Waals surface area contributed by atoms with Crippen molar-refractivity contribution >= 4 is 5.97 Å². The predicted molar refractivity (Wildman–Crippen MR) is 94.0 cm³/mol. The Morgan fingerprint density at radius 3 is 2.61 bits per heavy atom. The van der Waals surface area contributed by atoms with Crippen molar-refractivity contribution in [2.75, 3.05) is 20.6 Å². The van der Waals surface area contributed by atoms with E-state index in [1.807, 2.05) is 19.0 Å². The summed E-state index contributed by atoms with van der Waals surface area (Å²) in [7, 11) is 3.98. The highest BCUT2D eigenvalue weighted by atomic mass is 16.6. The molecule has 0 bridgehead atoms. The largest absolute Gasteiger partial charge is 0.460 e. The minimum absolute atomic E-state index is 0.0939. The summed E-state index contributed by atoms with van der Waals surface area (Å²) in [6.07, 6.45) is 6.08. The number of carbonyl (C=O) groups is 1. The molecule has 23 heavy (non-hydrogen) atoms. The number of allylic oxidation sites excluding steroid dienone is 2. The molecule has 132 valence electrons. The van der Waals surface area contributed by atoms with Gasteiger partial charge >= 0.3 is 5.97 Å². The molecule has 0 spiro atoms. The number of ether oxygens (including phenoxy) is 1. The molecule has 1 fully saturated rings. The molecule has 0 amide bonds. The fraction of sp³-hybridized carbons (Fsp3) is 0.842. The molecule has 4 heteroatoms. The van der Waals surface area contributed by atoms with Crippen molar-refractivity contribution in [2.45, 2.75) is 65.0 Å². The molecule has 4 unspecified atom stereocenters. The van der Waals surface area contributed by atoms with E-state index in [4.69, 9.17) is 10.5 Å². The minimum Gasteiger partial charge on any atom is -0.460 e. The van der Waals surface area contributed by atoms with Crippen LogP contribution in [0.2, 0.25) is 0 Å². The molecule has 2 N–H and O–H groups in total. The van der Waals surface area contributed by atoms with Gasteiger partial charge in [0.05, 0.1) is 11.5 Å². The number of rotatable bonds is 2. The molecule has 4 nitrogen and oxygen atoms in total. The molecule has 1 aliphatic heterocycles. The fourth-order valence-electron chi connectivity index (χ4n) is 4.07. The molecule has 1 heterocycles. The van der Waals surface area contributed by atoms with Crippen molar-refractivity contribution in [1.82, 2.24) is 4.90 Å². The lowest BCUT2D eigenvalue weighted by Gasteiger charge is -2.43. The van der Waals surface area contributed by atoms with Crippen molar-refractivity contribution in [3.05, 3.63) is 11.6 Å². The first-order valence-electron chi connectivity index (χ1n) is 8.87. The maximum atomic E-state index is 12.6.